The molecule has 1 fully saturated rings. The molecule has 124 valence electrons. The van der Waals surface area contributed by atoms with E-state index in [1.807, 2.05) is 31.4 Å². The second kappa shape index (κ2) is 6.67. The molecule has 0 aliphatic carbocycles. The standard InChI is InChI=1S/C15H19N3O4S/c1-10-9-21-11(2)8-17(10)13(19)5-6-18-15(20)22-14(16-18)12-4-3-7-23-12/h3-4,7,10-11H,5-6,8-9H2,1-2H3/t10-,11-/m1/s1. The fraction of sp³-hybridized carbons (Fsp3) is 0.533. The molecule has 8 heteroatoms. The first-order valence-electron chi connectivity index (χ1n) is 7.57. The summed E-state index contributed by atoms with van der Waals surface area (Å²) in [7, 11) is 0. The number of ether oxygens (including phenoxy) is 1. The second-order valence-corrected chi connectivity index (χ2v) is 6.61. The number of carbonyl (C=O) groups is 1. The molecule has 3 heterocycles. The number of hydrogen-bond donors (Lipinski definition) is 0. The van der Waals surface area contributed by atoms with E-state index in [1.165, 1.54) is 16.0 Å². The van der Waals surface area contributed by atoms with Crippen LogP contribution in [0.4, 0.5) is 0 Å². The van der Waals surface area contributed by atoms with Crippen LogP contribution in [0.3, 0.4) is 0 Å². The Hall–Kier alpha value is -1.93. The zero-order chi connectivity index (χ0) is 16.4. The van der Waals surface area contributed by atoms with E-state index >= 15 is 0 Å². The summed E-state index contributed by atoms with van der Waals surface area (Å²) in [6, 6.07) is 3.75. The van der Waals surface area contributed by atoms with Crippen molar-refractivity contribution in [2.24, 2.45) is 0 Å². The summed E-state index contributed by atoms with van der Waals surface area (Å²) < 4.78 is 11.9. The monoisotopic (exact) mass is 337 g/mol. The van der Waals surface area contributed by atoms with Gasteiger partial charge in [0.05, 0.1) is 30.2 Å². The summed E-state index contributed by atoms with van der Waals surface area (Å²) in [5.74, 6) is -0.240. The number of hydrogen-bond acceptors (Lipinski definition) is 6. The molecule has 1 amide bonds. The predicted molar refractivity (Wildman–Crippen MR) is 85.3 cm³/mol. The minimum Gasteiger partial charge on any atom is -0.387 e. The highest BCUT2D eigenvalue weighted by atomic mass is 32.1. The van der Waals surface area contributed by atoms with Crippen molar-refractivity contribution < 1.29 is 13.9 Å². The highest BCUT2D eigenvalue weighted by Crippen LogP contribution is 2.21. The van der Waals surface area contributed by atoms with Crippen molar-refractivity contribution in [2.75, 3.05) is 13.2 Å². The average Bonchev–Trinajstić information content (AvgIpc) is 3.17. The van der Waals surface area contributed by atoms with Gasteiger partial charge in [0.1, 0.15) is 0 Å². The van der Waals surface area contributed by atoms with Crippen LogP contribution >= 0.6 is 11.3 Å². The Morgan fingerprint density at radius 2 is 2.30 bits per heavy atom. The van der Waals surface area contributed by atoms with E-state index in [9.17, 15) is 9.59 Å². The Morgan fingerprint density at radius 1 is 1.48 bits per heavy atom. The van der Waals surface area contributed by atoms with Gasteiger partial charge in [-0.3, -0.25) is 4.79 Å². The molecule has 3 rings (SSSR count). The molecular formula is C15H19N3O4S. The average molecular weight is 337 g/mol. The normalized spacial score (nSPS) is 21.6. The number of nitrogens with zero attached hydrogens (tertiary/aromatic N) is 3. The van der Waals surface area contributed by atoms with E-state index < -0.39 is 5.76 Å². The van der Waals surface area contributed by atoms with Gasteiger partial charge in [0.15, 0.2) is 0 Å². The number of morpholine rings is 1. The number of thiophene rings is 1. The van der Waals surface area contributed by atoms with Gasteiger partial charge in [-0.1, -0.05) is 6.07 Å². The fourth-order valence-corrected chi connectivity index (χ4v) is 3.19. The van der Waals surface area contributed by atoms with E-state index in [4.69, 9.17) is 9.15 Å². The molecule has 0 N–H and O–H groups in total. The molecule has 0 radical (unpaired) electrons. The van der Waals surface area contributed by atoms with E-state index in [0.717, 1.165) is 4.88 Å². The number of aromatic nitrogens is 2. The van der Waals surface area contributed by atoms with Crippen molar-refractivity contribution in [1.82, 2.24) is 14.7 Å². The van der Waals surface area contributed by atoms with Crippen molar-refractivity contribution in [3.05, 3.63) is 28.1 Å². The fourth-order valence-electron chi connectivity index (χ4n) is 2.54. The van der Waals surface area contributed by atoms with Gasteiger partial charge in [0.2, 0.25) is 5.91 Å². The molecular weight excluding hydrogens is 318 g/mol. The van der Waals surface area contributed by atoms with Crippen molar-refractivity contribution in [1.29, 1.82) is 0 Å². The van der Waals surface area contributed by atoms with Crippen LogP contribution in [0.2, 0.25) is 0 Å². The van der Waals surface area contributed by atoms with Gasteiger partial charge in [0.25, 0.3) is 5.89 Å². The SMILES string of the molecule is C[C@@H]1CN(C(=O)CCn2nc(-c3cccs3)oc2=O)[C@H](C)CO1. The quantitative estimate of drug-likeness (QED) is 0.847. The van der Waals surface area contributed by atoms with Crippen LogP contribution in [0.5, 0.6) is 0 Å². The third-order valence-corrected chi connectivity index (χ3v) is 4.66. The van der Waals surface area contributed by atoms with E-state index in [-0.39, 0.29) is 31.0 Å². The molecule has 2 atom stereocenters. The van der Waals surface area contributed by atoms with E-state index in [2.05, 4.69) is 5.10 Å². The summed E-state index contributed by atoms with van der Waals surface area (Å²) in [6.07, 6.45) is 0.253. The Kier molecular flexibility index (Phi) is 4.63. The Bertz CT molecular complexity index is 721. The lowest BCUT2D eigenvalue weighted by atomic mass is 10.2. The van der Waals surface area contributed by atoms with Gasteiger partial charge < -0.3 is 14.1 Å². The van der Waals surface area contributed by atoms with Crippen molar-refractivity contribution in [3.63, 3.8) is 0 Å². The molecule has 7 nitrogen and oxygen atoms in total. The molecule has 0 saturated carbocycles. The van der Waals surface area contributed by atoms with Crippen LogP contribution in [0.15, 0.2) is 26.7 Å². The number of carbonyl (C=O) groups excluding carboxylic acids is 1. The highest BCUT2D eigenvalue weighted by molar-refractivity contribution is 7.13. The third-order valence-electron chi connectivity index (χ3n) is 3.80. The summed E-state index contributed by atoms with van der Waals surface area (Å²) in [6.45, 7) is 5.24. The molecule has 1 saturated heterocycles. The van der Waals surface area contributed by atoms with Gasteiger partial charge in [-0.25, -0.2) is 4.79 Å². The lowest BCUT2D eigenvalue weighted by molar-refractivity contribution is -0.143. The van der Waals surface area contributed by atoms with Gasteiger partial charge >= 0.3 is 5.76 Å². The molecule has 0 aromatic carbocycles. The lowest BCUT2D eigenvalue weighted by Gasteiger charge is -2.36. The molecule has 2 aromatic heterocycles. The van der Waals surface area contributed by atoms with Gasteiger partial charge in [-0.05, 0) is 25.3 Å². The first-order valence-corrected chi connectivity index (χ1v) is 8.45. The van der Waals surface area contributed by atoms with E-state index in [0.29, 0.717) is 19.0 Å². The number of rotatable bonds is 4. The smallest absolute Gasteiger partial charge is 0.387 e. The van der Waals surface area contributed by atoms with E-state index in [1.54, 1.807) is 4.90 Å². The Morgan fingerprint density at radius 3 is 3.04 bits per heavy atom. The Labute approximate surface area is 137 Å². The van der Waals surface area contributed by atoms with Crippen LogP contribution in [0.1, 0.15) is 20.3 Å². The maximum atomic E-state index is 12.4. The van der Waals surface area contributed by atoms with Crippen molar-refractivity contribution in [3.8, 4) is 10.8 Å². The second-order valence-electron chi connectivity index (χ2n) is 5.66. The van der Waals surface area contributed by atoms with Crippen molar-refractivity contribution in [2.45, 2.75) is 39.0 Å². The van der Waals surface area contributed by atoms with Gasteiger partial charge in [-0.15, -0.1) is 16.4 Å². The summed E-state index contributed by atoms with van der Waals surface area (Å²) >= 11 is 1.45. The number of amides is 1. The summed E-state index contributed by atoms with van der Waals surface area (Å²) in [4.78, 5) is 26.8. The molecule has 2 aromatic rings. The zero-order valence-electron chi connectivity index (χ0n) is 13.1. The van der Waals surface area contributed by atoms with Crippen LogP contribution in [-0.2, 0) is 16.1 Å². The molecule has 0 unspecified atom stereocenters. The topological polar surface area (TPSA) is 77.6 Å². The minimum atomic E-state index is -0.537. The molecule has 1 aliphatic heterocycles. The highest BCUT2D eigenvalue weighted by Gasteiger charge is 2.27. The molecule has 0 spiro atoms. The lowest BCUT2D eigenvalue weighted by Crippen LogP contribution is -2.50. The zero-order valence-corrected chi connectivity index (χ0v) is 13.9. The van der Waals surface area contributed by atoms with Crippen LogP contribution in [0, 0.1) is 0 Å². The molecule has 23 heavy (non-hydrogen) atoms. The predicted octanol–water partition coefficient (Wildman–Crippen LogP) is 1.59. The van der Waals surface area contributed by atoms with Crippen molar-refractivity contribution >= 4 is 17.2 Å². The first kappa shape index (κ1) is 15.9. The number of aryl methyl sites for hydroxylation is 1. The van der Waals surface area contributed by atoms with Gasteiger partial charge in [0, 0.05) is 13.0 Å². The third kappa shape index (κ3) is 3.53. The maximum absolute atomic E-state index is 12.4. The molecule has 0 bridgehead atoms. The van der Waals surface area contributed by atoms with Gasteiger partial charge in [-0.2, -0.15) is 4.68 Å². The first-order chi connectivity index (χ1) is 11.0. The maximum Gasteiger partial charge on any atom is 0.437 e. The summed E-state index contributed by atoms with van der Waals surface area (Å²) in [5.41, 5.74) is 0. The van der Waals surface area contributed by atoms with Crippen LogP contribution in [-0.4, -0.2) is 45.9 Å². The Balaban J connectivity index is 1.64. The molecule has 1 aliphatic rings. The summed E-state index contributed by atoms with van der Waals surface area (Å²) in [5, 5.41) is 6.04. The van der Waals surface area contributed by atoms with Crippen LogP contribution in [0.25, 0.3) is 10.8 Å². The minimum absolute atomic E-state index is 0.000207. The van der Waals surface area contributed by atoms with Crippen LogP contribution < -0.4 is 5.76 Å². The largest absolute Gasteiger partial charge is 0.437 e.